The Kier molecular flexibility index (Phi) is 6.25. The molecule has 0 unspecified atom stereocenters. The fourth-order valence-electron chi connectivity index (χ4n) is 3.97. The van der Waals surface area contributed by atoms with Crippen molar-refractivity contribution < 1.29 is 33.8 Å². The minimum Gasteiger partial charge on any atom is -0.545 e. The Labute approximate surface area is 209 Å². The van der Waals surface area contributed by atoms with Crippen molar-refractivity contribution >= 4 is 52.8 Å². The molecule has 11 heteroatoms. The molecule has 3 aromatic rings. The molecule has 36 heavy (non-hydrogen) atoms. The lowest BCUT2D eigenvalue weighted by Gasteiger charge is -2.29. The van der Waals surface area contributed by atoms with Gasteiger partial charge in [-0.2, -0.15) is 0 Å². The fourth-order valence-corrected chi connectivity index (χ4v) is 4.25. The van der Waals surface area contributed by atoms with Crippen LogP contribution < -0.4 is 20.4 Å². The van der Waals surface area contributed by atoms with Crippen molar-refractivity contribution in [2.45, 2.75) is 13.8 Å². The van der Waals surface area contributed by atoms with Gasteiger partial charge < -0.3 is 24.4 Å². The van der Waals surface area contributed by atoms with E-state index in [0.717, 1.165) is 17.0 Å². The third kappa shape index (κ3) is 4.27. The molecule has 2 aromatic carbocycles. The maximum atomic E-state index is 14.4. The first kappa shape index (κ1) is 24.5. The molecule has 2 heterocycles. The number of hydrogen-bond acceptors (Lipinski definition) is 7. The summed E-state index contributed by atoms with van der Waals surface area (Å²) in [7, 11) is 0. The Morgan fingerprint density at radius 3 is 2.19 bits per heavy atom. The predicted molar refractivity (Wildman–Crippen MR) is 127 cm³/mol. The van der Waals surface area contributed by atoms with Crippen LogP contribution in [0.15, 0.2) is 54.1 Å². The maximum absolute atomic E-state index is 14.4. The van der Waals surface area contributed by atoms with E-state index in [1.807, 2.05) is 0 Å². The zero-order chi connectivity index (χ0) is 26.3. The molecular formula is C25H16FN3O6S-2. The molecule has 1 fully saturated rings. The third-order valence-electron chi connectivity index (χ3n) is 5.61. The van der Waals surface area contributed by atoms with Crippen LogP contribution in [0, 0.1) is 19.7 Å². The first-order chi connectivity index (χ1) is 17.0. The van der Waals surface area contributed by atoms with Crippen molar-refractivity contribution in [2.75, 3.05) is 4.90 Å². The van der Waals surface area contributed by atoms with Crippen molar-refractivity contribution in [2.24, 2.45) is 0 Å². The highest BCUT2D eigenvalue weighted by molar-refractivity contribution is 7.80. The quantitative estimate of drug-likeness (QED) is 0.308. The molecule has 0 saturated carbocycles. The number of carbonyl (C=O) groups is 4. The number of amides is 2. The number of hydrogen-bond donors (Lipinski definition) is 1. The second kappa shape index (κ2) is 9.19. The Bertz CT molecular complexity index is 1490. The van der Waals surface area contributed by atoms with Crippen LogP contribution in [0.3, 0.4) is 0 Å². The molecule has 1 aliphatic rings. The molecule has 182 valence electrons. The SMILES string of the molecule is Cc1cc(/C=C2/C(=O)NC(=S)N(c3ccccc3F)C2=O)c(C)n1-c1cc(C(=O)[O-])cc(C(=O)[O-])c1. The molecule has 0 radical (unpaired) electrons. The van der Waals surface area contributed by atoms with E-state index in [-0.39, 0.29) is 33.2 Å². The number of halogens is 1. The molecule has 0 aliphatic carbocycles. The van der Waals surface area contributed by atoms with Gasteiger partial charge in [0.05, 0.1) is 17.6 Å². The van der Waals surface area contributed by atoms with E-state index in [1.54, 1.807) is 24.5 Å². The van der Waals surface area contributed by atoms with Gasteiger partial charge in [0, 0.05) is 17.1 Å². The molecule has 0 bridgehead atoms. The Hall–Kier alpha value is -4.64. The van der Waals surface area contributed by atoms with E-state index >= 15 is 0 Å². The van der Waals surface area contributed by atoms with Crippen LogP contribution in [0.2, 0.25) is 0 Å². The average molecular weight is 505 g/mol. The molecule has 9 nitrogen and oxygen atoms in total. The lowest BCUT2D eigenvalue weighted by molar-refractivity contribution is -0.255. The summed E-state index contributed by atoms with van der Waals surface area (Å²) in [6.45, 7) is 3.30. The van der Waals surface area contributed by atoms with Gasteiger partial charge in [0.25, 0.3) is 11.8 Å². The zero-order valence-corrected chi connectivity index (χ0v) is 19.6. The number of benzene rings is 2. The van der Waals surface area contributed by atoms with E-state index in [4.69, 9.17) is 12.2 Å². The van der Waals surface area contributed by atoms with Gasteiger partial charge in [-0.25, -0.2) is 9.29 Å². The van der Waals surface area contributed by atoms with E-state index in [1.165, 1.54) is 36.4 Å². The Morgan fingerprint density at radius 1 is 1.00 bits per heavy atom. The van der Waals surface area contributed by atoms with Crippen LogP contribution in [-0.4, -0.2) is 33.4 Å². The number of rotatable bonds is 5. The summed E-state index contributed by atoms with van der Waals surface area (Å²) in [5, 5.41) is 24.9. The number of nitrogens with one attached hydrogen (secondary N) is 1. The molecular weight excluding hydrogens is 489 g/mol. The van der Waals surface area contributed by atoms with Gasteiger partial charge in [-0.3, -0.25) is 14.9 Å². The average Bonchev–Trinajstić information content (AvgIpc) is 3.10. The van der Waals surface area contributed by atoms with Gasteiger partial charge >= 0.3 is 0 Å². The summed E-state index contributed by atoms with van der Waals surface area (Å²) in [4.78, 5) is 49.5. The van der Waals surface area contributed by atoms with Gasteiger partial charge in [0.1, 0.15) is 11.4 Å². The molecule has 1 aromatic heterocycles. The van der Waals surface area contributed by atoms with Crippen molar-refractivity contribution in [1.82, 2.24) is 9.88 Å². The number of nitrogens with zero attached hydrogens (tertiary/aromatic N) is 2. The first-order valence-electron chi connectivity index (χ1n) is 10.4. The summed E-state index contributed by atoms with van der Waals surface area (Å²) in [6, 6.07) is 10.5. The highest BCUT2D eigenvalue weighted by atomic mass is 32.1. The third-order valence-corrected chi connectivity index (χ3v) is 5.90. The zero-order valence-electron chi connectivity index (χ0n) is 18.8. The maximum Gasteiger partial charge on any atom is 0.270 e. The fraction of sp³-hybridized carbons (Fsp3) is 0.0800. The summed E-state index contributed by atoms with van der Waals surface area (Å²) < 4.78 is 15.9. The molecule has 4 rings (SSSR count). The summed E-state index contributed by atoms with van der Waals surface area (Å²) in [5.74, 6) is -5.47. The van der Waals surface area contributed by atoms with Crippen molar-refractivity contribution in [3.8, 4) is 5.69 Å². The van der Waals surface area contributed by atoms with Crippen LogP contribution in [0.4, 0.5) is 10.1 Å². The van der Waals surface area contributed by atoms with Gasteiger partial charge in [0.15, 0.2) is 5.11 Å². The normalized spacial score (nSPS) is 14.8. The molecule has 0 spiro atoms. The number of aromatic carboxylic acids is 2. The first-order valence-corrected chi connectivity index (χ1v) is 10.8. The number of carbonyl (C=O) groups excluding carboxylic acids is 4. The lowest BCUT2D eigenvalue weighted by atomic mass is 10.1. The van der Waals surface area contributed by atoms with Crippen molar-refractivity contribution in [3.63, 3.8) is 0 Å². The van der Waals surface area contributed by atoms with Crippen molar-refractivity contribution in [1.29, 1.82) is 0 Å². The number of aromatic nitrogens is 1. The Morgan fingerprint density at radius 2 is 1.61 bits per heavy atom. The topological polar surface area (TPSA) is 135 Å². The van der Waals surface area contributed by atoms with Crippen LogP contribution in [-0.2, 0) is 9.59 Å². The second-order valence-corrected chi connectivity index (χ2v) is 8.30. The lowest BCUT2D eigenvalue weighted by Crippen LogP contribution is -2.54. The van der Waals surface area contributed by atoms with E-state index < -0.39 is 29.6 Å². The van der Waals surface area contributed by atoms with Crippen LogP contribution in [0.5, 0.6) is 0 Å². The van der Waals surface area contributed by atoms with E-state index in [2.05, 4.69) is 5.32 Å². The highest BCUT2D eigenvalue weighted by Crippen LogP contribution is 2.28. The van der Waals surface area contributed by atoms with Gasteiger partial charge in [-0.1, -0.05) is 12.1 Å². The number of carboxylic acids is 2. The van der Waals surface area contributed by atoms with Gasteiger partial charge in [-0.05, 0) is 85.2 Å². The Balaban J connectivity index is 1.82. The van der Waals surface area contributed by atoms with E-state index in [0.29, 0.717) is 17.0 Å². The molecule has 0 atom stereocenters. The number of anilines is 1. The van der Waals surface area contributed by atoms with Crippen LogP contribution in [0.1, 0.15) is 37.7 Å². The minimum absolute atomic E-state index is 0.127. The molecule has 1 N–H and O–H groups in total. The van der Waals surface area contributed by atoms with Gasteiger partial charge in [-0.15, -0.1) is 0 Å². The summed E-state index contributed by atoms with van der Waals surface area (Å²) >= 11 is 5.09. The number of aryl methyl sites for hydroxylation is 1. The highest BCUT2D eigenvalue weighted by Gasteiger charge is 2.36. The smallest absolute Gasteiger partial charge is 0.270 e. The standard InChI is InChI=1S/C25H18FN3O6S/c1-12-7-14(13(2)28(12)17-9-15(23(32)33)8-16(10-17)24(34)35)11-18-21(30)27-25(36)29(22(18)31)20-6-4-3-5-19(20)26/h3-11H,1-2H3,(H,32,33)(H,34,35)(H,27,30,36)/p-2/b18-11-. The van der Waals surface area contributed by atoms with Gasteiger partial charge in [0.2, 0.25) is 0 Å². The second-order valence-electron chi connectivity index (χ2n) is 7.91. The summed E-state index contributed by atoms with van der Waals surface area (Å²) in [6.07, 6.45) is 1.30. The van der Waals surface area contributed by atoms with Crippen molar-refractivity contribution in [3.05, 3.63) is 88.0 Å². The largest absolute Gasteiger partial charge is 0.545 e. The van der Waals surface area contributed by atoms with Crippen LogP contribution in [0.25, 0.3) is 11.8 Å². The van der Waals surface area contributed by atoms with Crippen LogP contribution >= 0.6 is 12.2 Å². The number of thiocarbonyl (C=S) groups is 1. The molecule has 1 aliphatic heterocycles. The minimum atomic E-state index is -1.57. The number of carboxylic acid groups (broad SMARTS) is 2. The monoisotopic (exact) mass is 505 g/mol. The molecule has 1 saturated heterocycles. The number of para-hydroxylation sites is 1. The predicted octanol–water partition coefficient (Wildman–Crippen LogP) is 0.792. The molecule has 2 amide bonds. The summed E-state index contributed by atoms with van der Waals surface area (Å²) in [5.41, 5.74) is 0.439. The van der Waals surface area contributed by atoms with E-state index in [9.17, 15) is 33.8 Å².